The Morgan fingerprint density at radius 3 is 2.70 bits per heavy atom. The number of rotatable bonds is 2. The SMILES string of the molecule is Cc1cc(-c2ccc3ncoc3c2)nc(C(C)(C)O)n1. The van der Waals surface area contributed by atoms with Crippen molar-refractivity contribution in [3.63, 3.8) is 0 Å². The minimum absolute atomic E-state index is 0.408. The molecule has 20 heavy (non-hydrogen) atoms. The van der Waals surface area contributed by atoms with Crippen molar-refractivity contribution in [3.8, 4) is 11.3 Å². The molecule has 3 rings (SSSR count). The van der Waals surface area contributed by atoms with Crippen LogP contribution in [0.3, 0.4) is 0 Å². The molecular weight excluding hydrogens is 254 g/mol. The lowest BCUT2D eigenvalue weighted by Gasteiger charge is -2.16. The minimum atomic E-state index is -1.07. The van der Waals surface area contributed by atoms with E-state index < -0.39 is 5.60 Å². The topological polar surface area (TPSA) is 72.0 Å². The first-order valence-corrected chi connectivity index (χ1v) is 6.36. The van der Waals surface area contributed by atoms with Crippen LogP contribution in [-0.4, -0.2) is 20.1 Å². The van der Waals surface area contributed by atoms with Crippen molar-refractivity contribution < 1.29 is 9.52 Å². The summed E-state index contributed by atoms with van der Waals surface area (Å²) in [6, 6.07) is 7.58. The average molecular weight is 269 g/mol. The zero-order valence-corrected chi connectivity index (χ0v) is 11.6. The molecule has 0 spiro atoms. The normalized spacial score (nSPS) is 12.0. The summed E-state index contributed by atoms with van der Waals surface area (Å²) in [5, 5.41) is 10.1. The molecule has 0 bridgehead atoms. The van der Waals surface area contributed by atoms with Gasteiger partial charge >= 0.3 is 0 Å². The Labute approximate surface area is 116 Å². The lowest BCUT2D eigenvalue weighted by atomic mass is 10.1. The number of aryl methyl sites for hydroxylation is 1. The number of aliphatic hydroxyl groups is 1. The number of fused-ring (bicyclic) bond motifs is 1. The van der Waals surface area contributed by atoms with Crippen LogP contribution >= 0.6 is 0 Å². The van der Waals surface area contributed by atoms with Gasteiger partial charge in [-0.1, -0.05) is 6.07 Å². The van der Waals surface area contributed by atoms with Crippen molar-refractivity contribution in [2.24, 2.45) is 0 Å². The summed E-state index contributed by atoms with van der Waals surface area (Å²) in [7, 11) is 0. The second-order valence-electron chi connectivity index (χ2n) is 5.31. The van der Waals surface area contributed by atoms with Crippen LogP contribution in [-0.2, 0) is 5.60 Å². The van der Waals surface area contributed by atoms with Crippen LogP contribution in [0.4, 0.5) is 0 Å². The molecule has 0 amide bonds. The van der Waals surface area contributed by atoms with Crippen LogP contribution in [0, 0.1) is 6.92 Å². The number of oxazole rings is 1. The highest BCUT2D eigenvalue weighted by molar-refractivity contribution is 5.78. The van der Waals surface area contributed by atoms with Crippen molar-refractivity contribution in [3.05, 3.63) is 42.2 Å². The van der Waals surface area contributed by atoms with Gasteiger partial charge in [0.15, 0.2) is 17.8 Å². The molecular formula is C15H15N3O2. The molecule has 0 aliphatic carbocycles. The Morgan fingerprint density at radius 1 is 1.15 bits per heavy atom. The molecule has 2 aromatic heterocycles. The summed E-state index contributed by atoms with van der Waals surface area (Å²) >= 11 is 0. The van der Waals surface area contributed by atoms with Gasteiger partial charge in [0.25, 0.3) is 0 Å². The Hall–Kier alpha value is -2.27. The molecule has 0 saturated heterocycles. The highest BCUT2D eigenvalue weighted by atomic mass is 16.3. The van der Waals surface area contributed by atoms with Gasteiger partial charge < -0.3 is 9.52 Å². The first kappa shape index (κ1) is 12.7. The van der Waals surface area contributed by atoms with Crippen molar-refractivity contribution >= 4 is 11.1 Å². The molecule has 1 N–H and O–H groups in total. The lowest BCUT2D eigenvalue weighted by molar-refractivity contribution is 0.0686. The largest absolute Gasteiger partial charge is 0.443 e. The number of hydrogen-bond acceptors (Lipinski definition) is 5. The number of nitrogens with zero attached hydrogens (tertiary/aromatic N) is 3. The molecule has 5 nitrogen and oxygen atoms in total. The fourth-order valence-corrected chi connectivity index (χ4v) is 2.00. The van der Waals surface area contributed by atoms with E-state index in [9.17, 15) is 5.11 Å². The fraction of sp³-hybridized carbons (Fsp3) is 0.267. The molecule has 2 heterocycles. The first-order chi connectivity index (χ1) is 9.43. The van der Waals surface area contributed by atoms with E-state index in [1.54, 1.807) is 13.8 Å². The van der Waals surface area contributed by atoms with E-state index in [1.807, 2.05) is 31.2 Å². The van der Waals surface area contributed by atoms with E-state index in [0.717, 1.165) is 22.5 Å². The molecule has 5 heteroatoms. The van der Waals surface area contributed by atoms with E-state index in [1.165, 1.54) is 6.39 Å². The van der Waals surface area contributed by atoms with Gasteiger partial charge in [-0.3, -0.25) is 0 Å². The second-order valence-corrected chi connectivity index (χ2v) is 5.31. The first-order valence-electron chi connectivity index (χ1n) is 6.36. The predicted molar refractivity (Wildman–Crippen MR) is 75.0 cm³/mol. The summed E-state index contributed by atoms with van der Waals surface area (Å²) < 4.78 is 5.30. The third-order valence-electron chi connectivity index (χ3n) is 3.03. The van der Waals surface area contributed by atoms with Gasteiger partial charge in [-0.05, 0) is 39.0 Å². The van der Waals surface area contributed by atoms with Gasteiger partial charge in [-0.25, -0.2) is 15.0 Å². The third-order valence-corrected chi connectivity index (χ3v) is 3.03. The molecule has 1 aromatic carbocycles. The summed E-state index contributed by atoms with van der Waals surface area (Å²) in [4.78, 5) is 12.8. The number of hydrogen-bond donors (Lipinski definition) is 1. The molecule has 0 aliphatic rings. The van der Waals surface area contributed by atoms with Crippen LogP contribution in [0.1, 0.15) is 25.4 Å². The van der Waals surface area contributed by atoms with E-state index >= 15 is 0 Å². The maximum Gasteiger partial charge on any atom is 0.181 e. The molecule has 3 aromatic rings. The highest BCUT2D eigenvalue weighted by Gasteiger charge is 2.21. The molecule has 102 valence electrons. The maximum absolute atomic E-state index is 10.1. The van der Waals surface area contributed by atoms with Crippen LogP contribution in [0.2, 0.25) is 0 Å². The monoisotopic (exact) mass is 269 g/mol. The van der Waals surface area contributed by atoms with Gasteiger partial charge in [0.1, 0.15) is 11.1 Å². The van der Waals surface area contributed by atoms with Crippen LogP contribution in [0.25, 0.3) is 22.4 Å². The van der Waals surface area contributed by atoms with E-state index in [0.29, 0.717) is 11.4 Å². The smallest absolute Gasteiger partial charge is 0.181 e. The van der Waals surface area contributed by atoms with Crippen molar-refractivity contribution in [1.29, 1.82) is 0 Å². The van der Waals surface area contributed by atoms with E-state index in [2.05, 4.69) is 15.0 Å². The van der Waals surface area contributed by atoms with E-state index in [-0.39, 0.29) is 0 Å². The standard InChI is InChI=1S/C15H15N3O2/c1-9-6-12(18-14(17-9)15(2,3)19)10-4-5-11-13(7-10)20-8-16-11/h4-8,19H,1-3H3. The van der Waals surface area contributed by atoms with Gasteiger partial charge in [0, 0.05) is 11.3 Å². The molecule has 0 saturated carbocycles. The number of benzene rings is 1. The van der Waals surface area contributed by atoms with Crippen molar-refractivity contribution in [2.45, 2.75) is 26.4 Å². The molecule has 0 unspecified atom stereocenters. The maximum atomic E-state index is 10.1. The third kappa shape index (κ3) is 2.28. The van der Waals surface area contributed by atoms with Crippen molar-refractivity contribution in [2.75, 3.05) is 0 Å². The zero-order valence-electron chi connectivity index (χ0n) is 11.6. The zero-order chi connectivity index (χ0) is 14.3. The summed E-state index contributed by atoms with van der Waals surface area (Å²) in [6.07, 6.45) is 1.42. The Balaban J connectivity index is 2.15. The Morgan fingerprint density at radius 2 is 1.95 bits per heavy atom. The molecule has 0 fully saturated rings. The van der Waals surface area contributed by atoms with Gasteiger partial charge in [-0.2, -0.15) is 0 Å². The van der Waals surface area contributed by atoms with Crippen LogP contribution in [0.5, 0.6) is 0 Å². The fourth-order valence-electron chi connectivity index (χ4n) is 2.00. The molecule has 0 atom stereocenters. The summed E-state index contributed by atoms with van der Waals surface area (Å²) in [6.45, 7) is 5.23. The average Bonchev–Trinajstić information content (AvgIpc) is 2.84. The van der Waals surface area contributed by atoms with Gasteiger partial charge in [0.2, 0.25) is 0 Å². The van der Waals surface area contributed by atoms with Crippen LogP contribution in [0.15, 0.2) is 35.1 Å². The summed E-state index contributed by atoms with van der Waals surface area (Å²) in [5.41, 5.74) is 2.92. The second kappa shape index (κ2) is 4.38. The summed E-state index contributed by atoms with van der Waals surface area (Å²) in [5.74, 6) is 0.408. The van der Waals surface area contributed by atoms with E-state index in [4.69, 9.17) is 4.42 Å². The molecule has 0 aliphatic heterocycles. The van der Waals surface area contributed by atoms with Gasteiger partial charge in [0.05, 0.1) is 5.69 Å². The quantitative estimate of drug-likeness (QED) is 0.774. The predicted octanol–water partition coefficient (Wildman–Crippen LogP) is 2.82. The lowest BCUT2D eigenvalue weighted by Crippen LogP contribution is -2.20. The van der Waals surface area contributed by atoms with Crippen molar-refractivity contribution in [1.82, 2.24) is 15.0 Å². The highest BCUT2D eigenvalue weighted by Crippen LogP contribution is 2.25. The number of aromatic nitrogens is 3. The Bertz CT molecular complexity index is 772. The van der Waals surface area contributed by atoms with Crippen LogP contribution < -0.4 is 0 Å². The Kier molecular flexibility index (Phi) is 2.79. The molecule has 0 radical (unpaired) electrons. The minimum Gasteiger partial charge on any atom is -0.443 e. The van der Waals surface area contributed by atoms with Gasteiger partial charge in [-0.15, -0.1) is 0 Å².